The molecule has 5 heteroatoms. The minimum atomic E-state index is -0.883. The molecule has 0 saturated carbocycles. The van der Waals surface area contributed by atoms with Gasteiger partial charge in [0.25, 0.3) is 0 Å². The van der Waals surface area contributed by atoms with Crippen molar-refractivity contribution in [1.82, 2.24) is 10.3 Å². The lowest BCUT2D eigenvalue weighted by atomic mass is 10.2. The van der Waals surface area contributed by atoms with Crippen LogP contribution >= 0.6 is 0 Å². The zero-order valence-electron chi connectivity index (χ0n) is 8.36. The zero-order chi connectivity index (χ0) is 11.3. The molecule has 2 N–H and O–H groups in total. The first kappa shape index (κ1) is 11.2. The molecule has 0 atom stereocenters. The minimum Gasteiger partial charge on any atom is -0.481 e. The molecule has 0 unspecified atom stereocenters. The molecule has 0 bridgehead atoms. The van der Waals surface area contributed by atoms with Crippen LogP contribution in [0, 0.1) is 0 Å². The van der Waals surface area contributed by atoms with E-state index < -0.39 is 5.97 Å². The van der Waals surface area contributed by atoms with Crippen LogP contribution in [-0.4, -0.2) is 22.0 Å². The van der Waals surface area contributed by atoms with E-state index in [0.717, 1.165) is 0 Å². The minimum absolute atomic E-state index is 0.0343. The summed E-state index contributed by atoms with van der Waals surface area (Å²) < 4.78 is 0. The summed E-state index contributed by atoms with van der Waals surface area (Å²) in [4.78, 5) is 25.0. The van der Waals surface area contributed by atoms with Crippen LogP contribution in [0.1, 0.15) is 18.2 Å². The first-order chi connectivity index (χ1) is 7.08. The quantitative estimate of drug-likeness (QED) is 0.748. The summed E-state index contributed by atoms with van der Waals surface area (Å²) in [5.41, 5.74) is 1.36. The highest BCUT2D eigenvalue weighted by molar-refractivity contribution is 5.72. The number of carboxylic acid groups (broad SMARTS) is 1. The maximum Gasteiger partial charge on any atom is 0.307 e. The first-order valence-electron chi connectivity index (χ1n) is 4.48. The van der Waals surface area contributed by atoms with Gasteiger partial charge >= 0.3 is 5.97 Å². The Morgan fingerprint density at radius 3 is 2.67 bits per heavy atom. The van der Waals surface area contributed by atoms with Gasteiger partial charge in [-0.2, -0.15) is 0 Å². The third-order valence-corrected chi connectivity index (χ3v) is 1.76. The van der Waals surface area contributed by atoms with E-state index in [1.807, 2.05) is 0 Å². The van der Waals surface area contributed by atoms with Crippen molar-refractivity contribution in [3.05, 3.63) is 29.6 Å². The molecule has 0 spiro atoms. The lowest BCUT2D eigenvalue weighted by molar-refractivity contribution is -0.136. The molecule has 1 aromatic heterocycles. The van der Waals surface area contributed by atoms with Crippen molar-refractivity contribution in [3.8, 4) is 0 Å². The van der Waals surface area contributed by atoms with Crippen molar-refractivity contribution in [3.63, 3.8) is 0 Å². The van der Waals surface area contributed by atoms with Crippen molar-refractivity contribution in [2.75, 3.05) is 0 Å². The highest BCUT2D eigenvalue weighted by Crippen LogP contribution is 2.01. The monoisotopic (exact) mass is 208 g/mol. The second-order valence-electron chi connectivity index (χ2n) is 3.14. The maximum absolute atomic E-state index is 10.6. The highest BCUT2D eigenvalue weighted by atomic mass is 16.4. The fraction of sp³-hybridized carbons (Fsp3) is 0.300. The summed E-state index contributed by atoms with van der Waals surface area (Å²) in [5.74, 6) is -1.00. The van der Waals surface area contributed by atoms with Crippen LogP contribution in [0.3, 0.4) is 0 Å². The number of aromatic nitrogens is 1. The number of pyridine rings is 1. The van der Waals surface area contributed by atoms with E-state index >= 15 is 0 Å². The molecule has 1 rings (SSSR count). The zero-order valence-corrected chi connectivity index (χ0v) is 8.36. The van der Waals surface area contributed by atoms with E-state index in [4.69, 9.17) is 5.11 Å². The lowest BCUT2D eigenvalue weighted by Gasteiger charge is -2.02. The van der Waals surface area contributed by atoms with Crippen LogP contribution < -0.4 is 5.32 Å². The Bertz CT molecular complexity index is 359. The van der Waals surface area contributed by atoms with Gasteiger partial charge in [-0.05, 0) is 11.6 Å². The van der Waals surface area contributed by atoms with Gasteiger partial charge in [0.05, 0.1) is 18.7 Å². The van der Waals surface area contributed by atoms with Crippen LogP contribution in [0.25, 0.3) is 0 Å². The average molecular weight is 208 g/mol. The standard InChI is InChI=1S/C10H12N2O3/c1-7(13)11-6-9-3-2-8(5-12-9)4-10(14)15/h2-3,5H,4,6H2,1H3,(H,11,13)(H,14,15). The van der Waals surface area contributed by atoms with Crippen LogP contribution in [-0.2, 0) is 22.6 Å². The Morgan fingerprint density at radius 1 is 1.47 bits per heavy atom. The van der Waals surface area contributed by atoms with Crippen molar-refractivity contribution in [1.29, 1.82) is 0 Å². The maximum atomic E-state index is 10.6. The molecule has 1 heterocycles. The topological polar surface area (TPSA) is 79.3 Å². The fourth-order valence-corrected chi connectivity index (χ4v) is 1.05. The van der Waals surface area contributed by atoms with Crippen LogP contribution in [0.2, 0.25) is 0 Å². The van der Waals surface area contributed by atoms with Crippen LogP contribution in [0.15, 0.2) is 18.3 Å². The third kappa shape index (κ3) is 4.21. The number of carbonyl (C=O) groups is 2. The molecule has 0 fully saturated rings. The van der Waals surface area contributed by atoms with Gasteiger partial charge in [-0.3, -0.25) is 14.6 Å². The van der Waals surface area contributed by atoms with Crippen molar-refractivity contribution in [2.45, 2.75) is 19.9 Å². The van der Waals surface area contributed by atoms with Gasteiger partial charge in [0, 0.05) is 13.1 Å². The Labute approximate surface area is 87.1 Å². The second kappa shape index (κ2) is 5.09. The SMILES string of the molecule is CC(=O)NCc1ccc(CC(=O)O)cn1. The molecular weight excluding hydrogens is 196 g/mol. The van der Waals surface area contributed by atoms with Crippen molar-refractivity contribution in [2.24, 2.45) is 0 Å². The molecule has 15 heavy (non-hydrogen) atoms. The number of nitrogens with zero attached hydrogens (tertiary/aromatic N) is 1. The van der Waals surface area contributed by atoms with Gasteiger partial charge in [-0.25, -0.2) is 0 Å². The predicted molar refractivity (Wildman–Crippen MR) is 53.1 cm³/mol. The Hall–Kier alpha value is -1.91. The molecule has 0 aliphatic carbocycles. The number of amides is 1. The third-order valence-electron chi connectivity index (χ3n) is 1.76. The predicted octanol–water partition coefficient (Wildman–Crippen LogP) is 0.345. The van der Waals surface area contributed by atoms with E-state index in [0.29, 0.717) is 17.8 Å². The number of hydrogen-bond acceptors (Lipinski definition) is 3. The van der Waals surface area contributed by atoms with Gasteiger partial charge in [0.1, 0.15) is 0 Å². The summed E-state index contributed by atoms with van der Waals surface area (Å²) in [6.45, 7) is 1.79. The number of aliphatic carboxylic acids is 1. The Morgan fingerprint density at radius 2 is 2.20 bits per heavy atom. The molecule has 0 radical (unpaired) electrons. The molecule has 1 aromatic rings. The Balaban J connectivity index is 2.56. The summed E-state index contributed by atoms with van der Waals surface area (Å²) in [6, 6.07) is 3.40. The Kier molecular flexibility index (Phi) is 3.79. The van der Waals surface area contributed by atoms with Gasteiger partial charge in [-0.15, -0.1) is 0 Å². The van der Waals surface area contributed by atoms with E-state index in [2.05, 4.69) is 10.3 Å². The summed E-state index contributed by atoms with van der Waals surface area (Å²) in [7, 11) is 0. The van der Waals surface area contributed by atoms with Crippen molar-refractivity contribution >= 4 is 11.9 Å². The molecule has 1 amide bonds. The highest BCUT2D eigenvalue weighted by Gasteiger charge is 2.01. The molecule has 0 aliphatic heterocycles. The molecule has 5 nitrogen and oxygen atoms in total. The van der Waals surface area contributed by atoms with Gasteiger partial charge in [0.15, 0.2) is 0 Å². The summed E-state index contributed by atoms with van der Waals surface area (Å²) in [6.07, 6.45) is 1.47. The second-order valence-corrected chi connectivity index (χ2v) is 3.14. The number of rotatable bonds is 4. The molecule has 80 valence electrons. The molecular formula is C10H12N2O3. The smallest absolute Gasteiger partial charge is 0.307 e. The number of hydrogen-bond donors (Lipinski definition) is 2. The lowest BCUT2D eigenvalue weighted by Crippen LogP contribution is -2.19. The van der Waals surface area contributed by atoms with Crippen LogP contribution in [0.4, 0.5) is 0 Å². The van der Waals surface area contributed by atoms with Gasteiger partial charge < -0.3 is 10.4 Å². The normalized spacial score (nSPS) is 9.67. The van der Waals surface area contributed by atoms with Crippen LogP contribution in [0.5, 0.6) is 0 Å². The number of carbonyl (C=O) groups excluding carboxylic acids is 1. The molecule has 0 aliphatic rings. The average Bonchev–Trinajstić information content (AvgIpc) is 2.16. The van der Waals surface area contributed by atoms with E-state index in [1.54, 1.807) is 12.1 Å². The number of nitrogens with one attached hydrogen (secondary N) is 1. The fourth-order valence-electron chi connectivity index (χ4n) is 1.05. The van der Waals surface area contributed by atoms with Gasteiger partial charge in [-0.1, -0.05) is 6.07 Å². The van der Waals surface area contributed by atoms with Crippen molar-refractivity contribution < 1.29 is 14.7 Å². The van der Waals surface area contributed by atoms with Gasteiger partial charge in [0.2, 0.25) is 5.91 Å². The first-order valence-corrected chi connectivity index (χ1v) is 4.48. The number of carboxylic acids is 1. The van der Waals surface area contributed by atoms with E-state index in [1.165, 1.54) is 13.1 Å². The summed E-state index contributed by atoms with van der Waals surface area (Å²) in [5, 5.41) is 11.1. The molecule has 0 saturated heterocycles. The molecule has 0 aromatic carbocycles. The van der Waals surface area contributed by atoms with E-state index in [-0.39, 0.29) is 12.3 Å². The van der Waals surface area contributed by atoms with E-state index in [9.17, 15) is 9.59 Å². The largest absolute Gasteiger partial charge is 0.481 e. The summed E-state index contributed by atoms with van der Waals surface area (Å²) >= 11 is 0.